The van der Waals surface area contributed by atoms with Crippen molar-refractivity contribution in [1.82, 2.24) is 4.57 Å². The van der Waals surface area contributed by atoms with Crippen molar-refractivity contribution in [2.75, 3.05) is 5.32 Å². The molecule has 0 radical (unpaired) electrons. The second kappa shape index (κ2) is 8.87. The first-order chi connectivity index (χ1) is 14.7. The number of halogens is 1. The SMILES string of the molecule is CCC(/C=C\C#N)(c1ccc(Cl)cc1)n1ccc2c(NC(=O)OC(C)(C)C)cccc21. The highest BCUT2D eigenvalue weighted by Crippen LogP contribution is 2.37. The fourth-order valence-corrected chi connectivity index (χ4v) is 3.89. The van der Waals surface area contributed by atoms with Gasteiger partial charge in [0.1, 0.15) is 5.60 Å². The number of hydrogen-bond donors (Lipinski definition) is 1. The van der Waals surface area contributed by atoms with E-state index in [2.05, 4.69) is 22.9 Å². The molecule has 3 aromatic rings. The summed E-state index contributed by atoms with van der Waals surface area (Å²) >= 11 is 6.11. The molecule has 1 atom stereocenters. The summed E-state index contributed by atoms with van der Waals surface area (Å²) in [5, 5.41) is 13.6. The van der Waals surface area contributed by atoms with Gasteiger partial charge in [0.15, 0.2) is 0 Å². The number of carbonyl (C=O) groups excluding carboxylic acids is 1. The maximum absolute atomic E-state index is 12.3. The Hall–Kier alpha value is -3.23. The van der Waals surface area contributed by atoms with Gasteiger partial charge in [-0.3, -0.25) is 5.32 Å². The van der Waals surface area contributed by atoms with Gasteiger partial charge in [-0.05, 0) is 69.2 Å². The standard InChI is InChI=1S/C25H26ClN3O2/c1-5-25(15-7-16-27,18-10-12-19(26)13-11-18)29-17-14-20-21(8-6-9-22(20)29)28-23(30)31-24(2,3)4/h6-15,17H,5H2,1-4H3,(H,28,30)/b15-7-. The van der Waals surface area contributed by atoms with Crippen LogP contribution in [0.25, 0.3) is 10.9 Å². The molecule has 1 heterocycles. The van der Waals surface area contributed by atoms with E-state index in [-0.39, 0.29) is 0 Å². The first-order valence-corrected chi connectivity index (χ1v) is 10.5. The highest BCUT2D eigenvalue weighted by atomic mass is 35.5. The van der Waals surface area contributed by atoms with Crippen molar-refractivity contribution in [3.63, 3.8) is 0 Å². The summed E-state index contributed by atoms with van der Waals surface area (Å²) in [7, 11) is 0. The molecule has 0 bridgehead atoms. The molecule has 0 aliphatic rings. The van der Waals surface area contributed by atoms with E-state index in [1.807, 2.05) is 81.6 Å². The average molecular weight is 436 g/mol. The van der Waals surface area contributed by atoms with E-state index in [0.717, 1.165) is 16.5 Å². The number of fused-ring (bicyclic) bond motifs is 1. The van der Waals surface area contributed by atoms with Gasteiger partial charge < -0.3 is 9.30 Å². The lowest BCUT2D eigenvalue weighted by Gasteiger charge is -2.33. The Morgan fingerprint density at radius 2 is 1.90 bits per heavy atom. The quantitative estimate of drug-likeness (QED) is 0.444. The van der Waals surface area contributed by atoms with E-state index in [4.69, 9.17) is 16.3 Å². The van der Waals surface area contributed by atoms with Crippen LogP contribution in [0.15, 0.2) is 66.9 Å². The number of rotatable bonds is 5. The third-order valence-electron chi connectivity index (χ3n) is 5.12. The minimum Gasteiger partial charge on any atom is -0.444 e. The summed E-state index contributed by atoms with van der Waals surface area (Å²) in [4.78, 5) is 12.3. The van der Waals surface area contributed by atoms with Gasteiger partial charge in [0.05, 0.1) is 22.8 Å². The first kappa shape index (κ1) is 22.5. The molecule has 1 unspecified atom stereocenters. The maximum Gasteiger partial charge on any atom is 0.412 e. The minimum absolute atomic E-state index is 0.503. The number of benzene rings is 2. The number of nitrogens with one attached hydrogen (secondary N) is 1. The Kier molecular flexibility index (Phi) is 6.42. The molecule has 0 aliphatic heterocycles. The second-order valence-electron chi connectivity index (χ2n) is 8.30. The molecule has 0 saturated carbocycles. The molecule has 6 heteroatoms. The third-order valence-corrected chi connectivity index (χ3v) is 5.37. The van der Waals surface area contributed by atoms with Crippen LogP contribution in [0.3, 0.4) is 0 Å². The maximum atomic E-state index is 12.3. The van der Waals surface area contributed by atoms with Crippen molar-refractivity contribution < 1.29 is 9.53 Å². The van der Waals surface area contributed by atoms with Gasteiger partial charge in [-0.1, -0.05) is 36.7 Å². The van der Waals surface area contributed by atoms with Crippen LogP contribution in [0.4, 0.5) is 10.5 Å². The van der Waals surface area contributed by atoms with E-state index >= 15 is 0 Å². The van der Waals surface area contributed by atoms with Crippen molar-refractivity contribution in [2.45, 2.75) is 45.3 Å². The number of allylic oxidation sites excluding steroid dienone is 2. The van der Waals surface area contributed by atoms with Gasteiger partial charge in [-0.25, -0.2) is 4.79 Å². The largest absolute Gasteiger partial charge is 0.444 e. The molecule has 3 rings (SSSR count). The lowest BCUT2D eigenvalue weighted by Crippen LogP contribution is -2.31. The summed E-state index contributed by atoms with van der Waals surface area (Å²) in [5.74, 6) is 0. The predicted octanol–water partition coefficient (Wildman–Crippen LogP) is 6.88. The van der Waals surface area contributed by atoms with Crippen LogP contribution >= 0.6 is 11.6 Å². The topological polar surface area (TPSA) is 67.0 Å². The van der Waals surface area contributed by atoms with Crippen LogP contribution in [-0.4, -0.2) is 16.3 Å². The highest BCUT2D eigenvalue weighted by Gasteiger charge is 2.31. The summed E-state index contributed by atoms with van der Waals surface area (Å²) in [5.41, 5.74) is 1.42. The first-order valence-electron chi connectivity index (χ1n) is 10.1. The van der Waals surface area contributed by atoms with Crippen LogP contribution in [-0.2, 0) is 10.3 Å². The molecule has 0 aliphatic carbocycles. The van der Waals surface area contributed by atoms with Crippen LogP contribution in [0.5, 0.6) is 0 Å². The van der Waals surface area contributed by atoms with E-state index in [1.165, 1.54) is 6.08 Å². The number of nitrogens with zero attached hydrogens (tertiary/aromatic N) is 2. The normalized spacial score (nSPS) is 13.7. The fraction of sp³-hybridized carbons (Fsp3) is 0.280. The van der Waals surface area contributed by atoms with Gasteiger partial charge in [0, 0.05) is 22.7 Å². The molecule has 2 aromatic carbocycles. The van der Waals surface area contributed by atoms with Crippen molar-refractivity contribution in [3.8, 4) is 6.07 Å². The Labute approximate surface area is 187 Å². The fourth-order valence-electron chi connectivity index (χ4n) is 3.76. The molecular formula is C25H26ClN3O2. The number of ether oxygens (including phenoxy) is 1. The molecule has 1 N–H and O–H groups in total. The molecule has 31 heavy (non-hydrogen) atoms. The lowest BCUT2D eigenvalue weighted by atomic mass is 9.86. The Morgan fingerprint density at radius 3 is 2.52 bits per heavy atom. The third kappa shape index (κ3) is 4.76. The second-order valence-corrected chi connectivity index (χ2v) is 8.73. The summed E-state index contributed by atoms with van der Waals surface area (Å²) < 4.78 is 7.53. The van der Waals surface area contributed by atoms with Crippen LogP contribution < -0.4 is 5.32 Å². The number of anilines is 1. The lowest BCUT2D eigenvalue weighted by molar-refractivity contribution is 0.0636. The highest BCUT2D eigenvalue weighted by molar-refractivity contribution is 6.30. The molecule has 160 valence electrons. The van der Waals surface area contributed by atoms with Gasteiger partial charge in [-0.2, -0.15) is 5.26 Å². The number of amides is 1. The van der Waals surface area contributed by atoms with Gasteiger partial charge in [-0.15, -0.1) is 0 Å². The van der Waals surface area contributed by atoms with Crippen LogP contribution in [0, 0.1) is 11.3 Å². The van der Waals surface area contributed by atoms with Gasteiger partial charge in [0.2, 0.25) is 0 Å². The van der Waals surface area contributed by atoms with Crippen molar-refractivity contribution in [3.05, 3.63) is 77.5 Å². The summed E-state index contributed by atoms with van der Waals surface area (Å²) in [6.07, 6.45) is 5.60. The van der Waals surface area contributed by atoms with Crippen molar-refractivity contribution in [2.24, 2.45) is 0 Å². The molecule has 0 saturated heterocycles. The number of nitriles is 1. The van der Waals surface area contributed by atoms with Crippen molar-refractivity contribution >= 4 is 34.3 Å². The van der Waals surface area contributed by atoms with Crippen LogP contribution in [0.2, 0.25) is 5.02 Å². The van der Waals surface area contributed by atoms with E-state index in [9.17, 15) is 10.1 Å². The van der Waals surface area contributed by atoms with E-state index in [1.54, 1.807) is 0 Å². The van der Waals surface area contributed by atoms with E-state index in [0.29, 0.717) is 17.1 Å². The zero-order valence-corrected chi connectivity index (χ0v) is 18.9. The van der Waals surface area contributed by atoms with Crippen molar-refractivity contribution in [1.29, 1.82) is 5.26 Å². The van der Waals surface area contributed by atoms with Crippen LogP contribution in [0.1, 0.15) is 39.7 Å². The predicted molar refractivity (Wildman–Crippen MR) is 125 cm³/mol. The summed E-state index contributed by atoms with van der Waals surface area (Å²) in [6.45, 7) is 7.55. The number of carbonyl (C=O) groups is 1. The summed E-state index contributed by atoms with van der Waals surface area (Å²) in [6, 6.07) is 17.5. The average Bonchev–Trinajstić information content (AvgIpc) is 3.14. The molecule has 0 spiro atoms. The smallest absolute Gasteiger partial charge is 0.412 e. The molecule has 1 aromatic heterocycles. The Bertz CT molecular complexity index is 1150. The monoisotopic (exact) mass is 435 g/mol. The molecule has 0 fully saturated rings. The zero-order valence-electron chi connectivity index (χ0n) is 18.1. The minimum atomic E-state index is -0.591. The molecule has 5 nitrogen and oxygen atoms in total. The molecular weight excluding hydrogens is 410 g/mol. The molecule has 1 amide bonds. The Balaban J connectivity index is 2.13. The number of hydrogen-bond acceptors (Lipinski definition) is 3. The number of aromatic nitrogens is 1. The zero-order chi connectivity index (χ0) is 22.6. The Morgan fingerprint density at radius 1 is 1.19 bits per heavy atom. The van der Waals surface area contributed by atoms with E-state index < -0.39 is 17.2 Å². The van der Waals surface area contributed by atoms with Gasteiger partial charge in [0.25, 0.3) is 0 Å². The van der Waals surface area contributed by atoms with Gasteiger partial charge >= 0.3 is 6.09 Å².